The first-order valence-corrected chi connectivity index (χ1v) is 36.8. The maximum atomic E-state index is 13.0. The summed E-state index contributed by atoms with van der Waals surface area (Å²) >= 11 is 0. The van der Waals surface area contributed by atoms with Gasteiger partial charge in [0.25, 0.3) is 0 Å². The van der Waals surface area contributed by atoms with E-state index in [9.17, 15) is 14.4 Å². The van der Waals surface area contributed by atoms with Gasteiger partial charge in [-0.1, -0.05) is 373 Å². The Hall–Kier alpha value is -2.11. The number of unbranched alkanes of at least 4 members (excludes halogenated alkanes) is 54. The molecule has 0 heterocycles. The quantitative estimate of drug-likeness (QED) is 0.0261. The second kappa shape index (κ2) is 70.4. The summed E-state index contributed by atoms with van der Waals surface area (Å²) < 4.78 is 17.0. The third kappa shape index (κ3) is 68.6. The number of rotatable bonds is 69. The van der Waals surface area contributed by atoms with Crippen molar-refractivity contribution in [2.24, 2.45) is 0 Å². The van der Waals surface area contributed by atoms with Gasteiger partial charge < -0.3 is 14.2 Å². The molecule has 0 aliphatic heterocycles. The van der Waals surface area contributed by atoms with Gasteiger partial charge in [-0.25, -0.2) is 0 Å². The molecule has 0 N–H and O–H groups in total. The minimum atomic E-state index is -0.773. The van der Waals surface area contributed by atoms with Crippen molar-refractivity contribution in [1.82, 2.24) is 0 Å². The molecule has 0 bridgehead atoms. The van der Waals surface area contributed by atoms with Crippen molar-refractivity contribution in [2.75, 3.05) is 13.2 Å². The van der Waals surface area contributed by atoms with Crippen molar-refractivity contribution in [3.63, 3.8) is 0 Å². The molecule has 81 heavy (non-hydrogen) atoms. The summed E-state index contributed by atoms with van der Waals surface area (Å²) in [4.78, 5) is 38.5. The SMILES string of the molecule is CCCCCC/C=C\C/C=C\CCCCCCCCCC(=O)OC(COC(=O)CCCCCCCCCCCCCCCCCCC)COC(=O)CCCCCCCCCCCCCCCCCCCCCCCCCCCCCC. The number of hydrogen-bond donors (Lipinski definition) is 0. The largest absolute Gasteiger partial charge is 0.462 e. The molecule has 0 aliphatic rings. The van der Waals surface area contributed by atoms with Crippen molar-refractivity contribution < 1.29 is 28.6 Å². The van der Waals surface area contributed by atoms with Gasteiger partial charge in [-0.3, -0.25) is 14.4 Å². The third-order valence-electron chi connectivity index (χ3n) is 17.0. The molecule has 0 spiro atoms. The summed E-state index contributed by atoms with van der Waals surface area (Å²) in [7, 11) is 0. The molecular weight excluding hydrogens is 997 g/mol. The predicted molar refractivity (Wildman–Crippen MR) is 353 cm³/mol. The summed E-state index contributed by atoms with van der Waals surface area (Å²) in [6, 6.07) is 0. The van der Waals surface area contributed by atoms with E-state index in [1.54, 1.807) is 0 Å². The van der Waals surface area contributed by atoms with E-state index in [2.05, 4.69) is 45.1 Å². The van der Waals surface area contributed by atoms with E-state index >= 15 is 0 Å². The topological polar surface area (TPSA) is 78.9 Å². The van der Waals surface area contributed by atoms with Crippen molar-refractivity contribution in [3.05, 3.63) is 24.3 Å². The third-order valence-corrected chi connectivity index (χ3v) is 17.0. The highest BCUT2D eigenvalue weighted by molar-refractivity contribution is 5.71. The minimum Gasteiger partial charge on any atom is -0.462 e. The molecule has 0 radical (unpaired) electrons. The molecule has 478 valence electrons. The molecule has 0 aliphatic carbocycles. The number of carbonyl (C=O) groups excluding carboxylic acids is 3. The van der Waals surface area contributed by atoms with Gasteiger partial charge in [-0.05, 0) is 51.4 Å². The van der Waals surface area contributed by atoms with Gasteiger partial charge in [0.2, 0.25) is 0 Å². The highest BCUT2D eigenvalue weighted by Crippen LogP contribution is 2.19. The Morgan fingerprint density at radius 3 is 0.691 bits per heavy atom. The first kappa shape index (κ1) is 78.9. The van der Waals surface area contributed by atoms with Gasteiger partial charge >= 0.3 is 17.9 Å². The number of hydrogen-bond acceptors (Lipinski definition) is 6. The van der Waals surface area contributed by atoms with Crippen LogP contribution in [0.5, 0.6) is 0 Å². The lowest BCUT2D eigenvalue weighted by molar-refractivity contribution is -0.167. The molecule has 0 aromatic heterocycles. The number of allylic oxidation sites excluding steroid dienone is 4. The van der Waals surface area contributed by atoms with Crippen molar-refractivity contribution >= 4 is 17.9 Å². The van der Waals surface area contributed by atoms with Crippen LogP contribution in [-0.4, -0.2) is 37.2 Å². The van der Waals surface area contributed by atoms with E-state index in [4.69, 9.17) is 14.2 Å². The van der Waals surface area contributed by atoms with Crippen LogP contribution >= 0.6 is 0 Å². The van der Waals surface area contributed by atoms with Crippen molar-refractivity contribution in [1.29, 1.82) is 0 Å². The first-order chi connectivity index (χ1) is 40.0. The van der Waals surface area contributed by atoms with E-state index in [1.165, 1.54) is 308 Å². The van der Waals surface area contributed by atoms with Crippen LogP contribution < -0.4 is 0 Å². The molecule has 1 unspecified atom stereocenters. The van der Waals surface area contributed by atoms with Crippen LogP contribution in [0.4, 0.5) is 0 Å². The van der Waals surface area contributed by atoms with E-state index in [0.29, 0.717) is 19.3 Å². The monoisotopic (exact) mass is 1140 g/mol. The lowest BCUT2D eigenvalue weighted by Gasteiger charge is -2.18. The Morgan fingerprint density at radius 2 is 0.444 bits per heavy atom. The Balaban J connectivity index is 4.22. The molecule has 1 atom stereocenters. The Bertz CT molecular complexity index is 1310. The molecule has 0 fully saturated rings. The van der Waals surface area contributed by atoms with Crippen molar-refractivity contribution in [2.45, 2.75) is 425 Å². The zero-order chi connectivity index (χ0) is 58.5. The zero-order valence-corrected chi connectivity index (χ0v) is 55.1. The fraction of sp³-hybridized carbons (Fsp3) is 0.907. The number of ether oxygens (including phenoxy) is 3. The highest BCUT2D eigenvalue weighted by Gasteiger charge is 2.20. The Kier molecular flexibility index (Phi) is 68.5. The smallest absolute Gasteiger partial charge is 0.306 e. The standard InChI is InChI=1S/C75H142O6/c1-4-7-10-13-16-19-22-25-28-31-33-34-35-36-37-38-39-40-41-42-45-47-50-53-56-59-62-65-68-74(77)80-71-72(70-79-73(76)67-64-61-58-55-52-49-46-43-30-27-24-21-18-15-12-9-6-3)81-75(78)69-66-63-60-57-54-51-48-44-32-29-26-23-20-17-14-11-8-5-2/h20,23,29,32,72H,4-19,21-22,24-28,30-31,33-71H2,1-3H3/b23-20-,32-29-. The highest BCUT2D eigenvalue weighted by atomic mass is 16.6. The minimum absolute atomic E-state index is 0.0679. The predicted octanol–water partition coefficient (Wildman–Crippen LogP) is 25.3. The van der Waals surface area contributed by atoms with Gasteiger partial charge in [-0.2, -0.15) is 0 Å². The number of esters is 3. The summed E-state index contributed by atoms with van der Waals surface area (Å²) in [5.41, 5.74) is 0. The molecule has 6 nitrogen and oxygen atoms in total. The van der Waals surface area contributed by atoms with Gasteiger partial charge in [0.05, 0.1) is 0 Å². The zero-order valence-electron chi connectivity index (χ0n) is 55.1. The van der Waals surface area contributed by atoms with Crippen LogP contribution in [0, 0.1) is 0 Å². The van der Waals surface area contributed by atoms with Crippen LogP contribution in [0.1, 0.15) is 419 Å². The van der Waals surface area contributed by atoms with Crippen LogP contribution in [0.25, 0.3) is 0 Å². The van der Waals surface area contributed by atoms with Crippen molar-refractivity contribution in [3.8, 4) is 0 Å². The molecule has 0 aromatic carbocycles. The summed E-state index contributed by atoms with van der Waals surface area (Å²) in [5, 5.41) is 0. The van der Waals surface area contributed by atoms with Crippen LogP contribution in [0.15, 0.2) is 24.3 Å². The molecule has 6 heteroatoms. The average molecular weight is 1140 g/mol. The lowest BCUT2D eigenvalue weighted by Crippen LogP contribution is -2.30. The number of carbonyl (C=O) groups is 3. The fourth-order valence-corrected chi connectivity index (χ4v) is 11.4. The van der Waals surface area contributed by atoms with E-state index in [-0.39, 0.29) is 31.1 Å². The van der Waals surface area contributed by atoms with E-state index in [0.717, 1.165) is 70.6 Å². The maximum absolute atomic E-state index is 13.0. The second-order valence-electron chi connectivity index (χ2n) is 25.2. The van der Waals surface area contributed by atoms with Crippen LogP contribution in [-0.2, 0) is 28.6 Å². The summed E-state index contributed by atoms with van der Waals surface area (Å²) in [6.45, 7) is 6.71. The molecule has 0 amide bonds. The Morgan fingerprint density at radius 1 is 0.247 bits per heavy atom. The average Bonchev–Trinajstić information content (AvgIpc) is 3.47. The van der Waals surface area contributed by atoms with Crippen LogP contribution in [0.3, 0.4) is 0 Å². The lowest BCUT2D eigenvalue weighted by atomic mass is 10.0. The summed E-state index contributed by atoms with van der Waals surface area (Å²) in [5.74, 6) is -0.840. The second-order valence-corrected chi connectivity index (χ2v) is 25.2. The van der Waals surface area contributed by atoms with E-state index < -0.39 is 6.10 Å². The van der Waals surface area contributed by atoms with E-state index in [1.807, 2.05) is 0 Å². The molecule has 0 saturated heterocycles. The van der Waals surface area contributed by atoms with Gasteiger partial charge in [-0.15, -0.1) is 0 Å². The van der Waals surface area contributed by atoms with Gasteiger partial charge in [0.1, 0.15) is 13.2 Å². The van der Waals surface area contributed by atoms with Gasteiger partial charge in [0.15, 0.2) is 6.10 Å². The maximum Gasteiger partial charge on any atom is 0.306 e. The van der Waals surface area contributed by atoms with Crippen LogP contribution in [0.2, 0.25) is 0 Å². The fourth-order valence-electron chi connectivity index (χ4n) is 11.4. The molecule has 0 saturated carbocycles. The summed E-state index contributed by atoms with van der Waals surface area (Å²) in [6.07, 6.45) is 86.5. The Labute approximate surface area is 506 Å². The molecule has 0 rings (SSSR count). The molecule has 0 aromatic rings. The van der Waals surface area contributed by atoms with Gasteiger partial charge in [0, 0.05) is 19.3 Å². The molecular formula is C75H142O6. The first-order valence-electron chi connectivity index (χ1n) is 36.8. The normalized spacial score (nSPS) is 12.1.